The molecule has 0 saturated carbocycles. The molecule has 3 aliphatic rings. The van der Waals surface area contributed by atoms with E-state index in [0.29, 0.717) is 49.6 Å². The molecule has 3 aliphatic heterocycles. The van der Waals surface area contributed by atoms with Crippen molar-refractivity contribution in [2.24, 2.45) is 14.1 Å². The van der Waals surface area contributed by atoms with E-state index < -0.39 is 18.5 Å². The van der Waals surface area contributed by atoms with Crippen molar-refractivity contribution in [1.29, 1.82) is 0 Å². The Morgan fingerprint density at radius 1 is 0.704 bits per heavy atom. The summed E-state index contributed by atoms with van der Waals surface area (Å²) in [5, 5.41) is 3.97. The second-order valence-electron chi connectivity index (χ2n) is 17.4. The molecule has 0 radical (unpaired) electrons. The monoisotopic (exact) mass is 978 g/mol. The maximum absolute atomic E-state index is 13.1. The average molecular weight is 979 g/mol. The van der Waals surface area contributed by atoms with E-state index in [0.717, 1.165) is 27.7 Å². The van der Waals surface area contributed by atoms with Gasteiger partial charge in [-0.15, -0.1) is 0 Å². The molecule has 10 rings (SSSR count). The number of imidazole rings is 2. The lowest BCUT2D eigenvalue weighted by molar-refractivity contribution is -0.215. The predicted molar refractivity (Wildman–Crippen MR) is 259 cm³/mol. The molecule has 0 spiro atoms. The summed E-state index contributed by atoms with van der Waals surface area (Å²) in [4.78, 5) is 103. The largest absolute Gasteiger partial charge is 0.359 e. The Hall–Kier alpha value is -7.99. The van der Waals surface area contributed by atoms with E-state index in [4.69, 9.17) is 14.3 Å². The Labute approximate surface area is 407 Å². The number of Topliss-reactive ketones (excluding diaryl/α,β-unsaturated/α-hetero) is 1. The topological polar surface area (TPSA) is 244 Å². The SMILES string of the molecule is CO[C@@H]1[C@@H](CC(=O)CN2CN(Cc3ccccc3)CN(C)C2=O)n2cccc2C(=O)N1OC.CO[C@H]1NC(=O)c2cccn2[C@@H]1Cc1c[nH]c(=O)n1C.Cn1c(Cc2c[nH]c(=O)c3cccn23)c[nH]c1=O.[2HH]. The van der Waals surface area contributed by atoms with Gasteiger partial charge in [0.25, 0.3) is 17.4 Å². The van der Waals surface area contributed by atoms with Crippen LogP contribution in [0.3, 0.4) is 0 Å². The van der Waals surface area contributed by atoms with Crippen molar-refractivity contribution in [1.82, 2.24) is 62.7 Å². The number of fused-ring (bicyclic) bond motifs is 3. The third-order valence-corrected chi connectivity index (χ3v) is 12.9. The first-order chi connectivity index (χ1) is 34.2. The Kier molecular flexibility index (Phi) is 14.9. The molecule has 0 bridgehead atoms. The second-order valence-corrected chi connectivity index (χ2v) is 17.4. The Morgan fingerprint density at radius 2 is 1.35 bits per heavy atom. The lowest BCUT2D eigenvalue weighted by Gasteiger charge is -2.41. The first kappa shape index (κ1) is 49.4. The van der Waals surface area contributed by atoms with Crippen LogP contribution in [-0.4, -0.2) is 142 Å². The summed E-state index contributed by atoms with van der Waals surface area (Å²) in [5.74, 6) is -0.612. The Bertz CT molecular complexity index is 3200. The molecule has 6 aromatic heterocycles. The maximum atomic E-state index is 13.1. The molecule has 4 N–H and O–H groups in total. The van der Waals surface area contributed by atoms with E-state index in [9.17, 15) is 33.6 Å². The number of hydrogen-bond acceptors (Lipinski definition) is 11. The number of carbonyl (C=O) groups excluding carboxylic acids is 4. The van der Waals surface area contributed by atoms with Crippen LogP contribution in [0.5, 0.6) is 0 Å². The van der Waals surface area contributed by atoms with Crippen molar-refractivity contribution in [3.8, 4) is 0 Å². The van der Waals surface area contributed by atoms with Gasteiger partial charge in [-0.05, 0) is 42.0 Å². The number of rotatable bonds is 13. The van der Waals surface area contributed by atoms with Crippen LogP contribution in [0.2, 0.25) is 0 Å². The minimum atomic E-state index is -0.763. The highest BCUT2D eigenvalue weighted by molar-refractivity contribution is 5.94. The van der Waals surface area contributed by atoms with Crippen LogP contribution in [0, 0.1) is 0 Å². The van der Waals surface area contributed by atoms with Gasteiger partial charge >= 0.3 is 17.4 Å². The number of hydroxylamine groups is 2. The molecular formula is C48H59N13O10. The lowest BCUT2D eigenvalue weighted by atomic mass is 10.0. The van der Waals surface area contributed by atoms with Gasteiger partial charge in [0.15, 0.2) is 18.2 Å². The van der Waals surface area contributed by atoms with Gasteiger partial charge in [0.1, 0.15) is 16.9 Å². The van der Waals surface area contributed by atoms with E-state index in [-0.39, 0.29) is 61.0 Å². The number of urea groups is 1. The number of nitrogens with zero attached hydrogens (tertiary/aromatic N) is 9. The number of aromatic amines is 3. The van der Waals surface area contributed by atoms with E-state index >= 15 is 0 Å². The van der Waals surface area contributed by atoms with Gasteiger partial charge in [-0.2, -0.15) is 5.06 Å². The fourth-order valence-electron chi connectivity index (χ4n) is 9.23. The zero-order valence-corrected chi connectivity index (χ0v) is 40.2. The molecule has 71 heavy (non-hydrogen) atoms. The third kappa shape index (κ3) is 10.3. The normalized spacial score (nSPS) is 18.9. The number of amides is 4. The van der Waals surface area contributed by atoms with Gasteiger partial charge in [0.05, 0.1) is 39.1 Å². The van der Waals surface area contributed by atoms with Gasteiger partial charge in [-0.25, -0.2) is 14.4 Å². The van der Waals surface area contributed by atoms with Gasteiger partial charge in [-0.1, -0.05) is 30.3 Å². The fourth-order valence-corrected chi connectivity index (χ4v) is 9.23. The average Bonchev–Trinajstić information content (AvgIpc) is 4.24. The number of nitrogens with one attached hydrogen (secondary N) is 4. The maximum Gasteiger partial charge on any atom is 0.325 e. The van der Waals surface area contributed by atoms with Crippen molar-refractivity contribution in [2.45, 2.75) is 50.3 Å². The molecule has 4 amide bonds. The fraction of sp³-hybridized carbons (Fsp3) is 0.354. The van der Waals surface area contributed by atoms with Gasteiger partial charge < -0.3 is 53.1 Å². The third-order valence-electron chi connectivity index (χ3n) is 12.9. The summed E-state index contributed by atoms with van der Waals surface area (Å²) < 4.78 is 19.5. The molecular weight excluding hydrogens is 919 g/mol. The molecule has 7 aromatic rings. The van der Waals surface area contributed by atoms with Gasteiger partial charge in [0, 0.05) is 117 Å². The quantitative estimate of drug-likeness (QED) is 0.131. The summed E-state index contributed by atoms with van der Waals surface area (Å²) in [6.45, 7) is 1.50. The van der Waals surface area contributed by atoms with Crippen molar-refractivity contribution >= 4 is 29.1 Å². The van der Waals surface area contributed by atoms with E-state index in [1.165, 1.54) is 14.2 Å². The first-order valence-electron chi connectivity index (χ1n) is 22.7. The van der Waals surface area contributed by atoms with E-state index in [1.807, 2.05) is 63.8 Å². The van der Waals surface area contributed by atoms with Crippen LogP contribution in [0.4, 0.5) is 4.79 Å². The minimum Gasteiger partial charge on any atom is -0.359 e. The summed E-state index contributed by atoms with van der Waals surface area (Å²) in [7, 11) is 9.59. The number of ether oxygens (including phenoxy) is 2. The van der Waals surface area contributed by atoms with Gasteiger partial charge in [-0.3, -0.25) is 38.0 Å². The zero-order chi connectivity index (χ0) is 50.5. The second kappa shape index (κ2) is 21.3. The number of carbonyl (C=O) groups is 4. The molecule has 23 heteroatoms. The van der Waals surface area contributed by atoms with Crippen molar-refractivity contribution in [3.05, 3.63) is 169 Å². The van der Waals surface area contributed by atoms with Crippen LogP contribution >= 0.6 is 0 Å². The minimum absolute atomic E-state index is 0. The molecule has 9 heterocycles. The van der Waals surface area contributed by atoms with Crippen molar-refractivity contribution in [3.63, 3.8) is 0 Å². The summed E-state index contributed by atoms with van der Waals surface area (Å²) >= 11 is 0. The molecule has 376 valence electrons. The van der Waals surface area contributed by atoms with E-state index in [1.54, 1.807) is 101 Å². The van der Waals surface area contributed by atoms with Crippen LogP contribution in [0.25, 0.3) is 5.52 Å². The Balaban J connectivity index is 0.000000167. The number of aromatic nitrogens is 8. The number of benzene rings is 1. The summed E-state index contributed by atoms with van der Waals surface area (Å²) in [5.41, 5.74) is 5.00. The molecule has 1 aromatic carbocycles. The zero-order valence-electron chi connectivity index (χ0n) is 40.2. The molecule has 0 aliphatic carbocycles. The smallest absolute Gasteiger partial charge is 0.325 e. The number of ketones is 1. The van der Waals surface area contributed by atoms with Gasteiger partial charge in [0.2, 0.25) is 0 Å². The van der Waals surface area contributed by atoms with Crippen LogP contribution in [0.15, 0.2) is 118 Å². The number of hydrogen-bond donors (Lipinski definition) is 4. The summed E-state index contributed by atoms with van der Waals surface area (Å²) in [6.07, 6.45) is 10.5. The number of methoxy groups -OCH3 is 2. The lowest BCUT2D eigenvalue weighted by Crippen LogP contribution is -2.57. The van der Waals surface area contributed by atoms with Crippen molar-refractivity contribution < 1.29 is 34.9 Å². The van der Waals surface area contributed by atoms with Crippen LogP contribution in [0.1, 0.15) is 63.6 Å². The summed E-state index contributed by atoms with van der Waals surface area (Å²) in [6, 6.07) is 19.9. The standard InChI is InChI=1S/C23H29N5O5.C13H16N4O3.C12H12N4O2.H2/c1-24-15-25(13-17-8-5-4-6-9-17)16-26(23(24)31)14-18(29)12-20-22(32-2)28(33-3)21(30)19-10-7-11-27(19)20;1-16-8(7-14-13(16)19)6-10-12(20-2)15-11(18)9-4-3-5-17(9)10;1-15-8(6-14-12(15)18)5-9-7-13-11(17)10-3-2-4-16(9)10;/h4-11,20,22H,12-16H2,1-3H3;3-5,7,10,12H,6H2,1-2H3,(H,14,19)(H,15,18);2-4,6-7H,5H2,1H3,(H,13,17)(H,14,18);1H/t20-,22-;10-,12-;;/m11../s1/i;;;1+1. The Morgan fingerprint density at radius 3 is 2.00 bits per heavy atom. The van der Waals surface area contributed by atoms with Crippen LogP contribution < -0.4 is 22.3 Å². The highest BCUT2D eigenvalue weighted by Crippen LogP contribution is 2.31. The number of H-pyrrole nitrogens is 3. The van der Waals surface area contributed by atoms with Crippen molar-refractivity contribution in [2.75, 3.05) is 48.3 Å². The molecule has 0 unspecified atom stereocenters. The highest BCUT2D eigenvalue weighted by atomic mass is 16.7. The first-order valence-corrected chi connectivity index (χ1v) is 22.7. The molecule has 23 nitrogen and oxygen atoms in total. The highest BCUT2D eigenvalue weighted by Gasteiger charge is 2.42. The molecule has 4 atom stereocenters. The predicted octanol–water partition coefficient (Wildman–Crippen LogP) is 2.27. The van der Waals surface area contributed by atoms with E-state index in [2.05, 4.69) is 25.2 Å². The molecule has 1 fully saturated rings. The van der Waals surface area contributed by atoms with Crippen LogP contribution in [-0.2, 0) is 52.6 Å². The molecule has 1 saturated heterocycles.